The van der Waals surface area contributed by atoms with E-state index in [1.165, 1.54) is 18.5 Å². The van der Waals surface area contributed by atoms with Crippen LogP contribution in [0.2, 0.25) is 5.15 Å². The van der Waals surface area contributed by atoms with Gasteiger partial charge in [-0.3, -0.25) is 29.1 Å². The van der Waals surface area contributed by atoms with E-state index in [9.17, 15) is 24.3 Å². The van der Waals surface area contributed by atoms with E-state index in [-0.39, 0.29) is 28.6 Å². The fourth-order valence-corrected chi connectivity index (χ4v) is 5.15. The lowest BCUT2D eigenvalue weighted by molar-refractivity contribution is -0.137. The third kappa shape index (κ3) is 7.98. The Balaban J connectivity index is 1.41. The van der Waals surface area contributed by atoms with Crippen LogP contribution in [-0.2, 0) is 4.79 Å². The summed E-state index contributed by atoms with van der Waals surface area (Å²) in [5.41, 5.74) is 2.56. The number of carbonyl (C=O) groups is 4. The molecule has 1 unspecified atom stereocenters. The van der Waals surface area contributed by atoms with Gasteiger partial charge in [-0.2, -0.15) is 0 Å². The van der Waals surface area contributed by atoms with Crippen LogP contribution in [0, 0.1) is 0 Å². The number of anilines is 2. The van der Waals surface area contributed by atoms with E-state index in [0.29, 0.717) is 55.1 Å². The van der Waals surface area contributed by atoms with Crippen LogP contribution in [0.15, 0.2) is 85.6 Å². The molecule has 1 aliphatic heterocycles. The first-order chi connectivity index (χ1) is 21.8. The van der Waals surface area contributed by atoms with Gasteiger partial charge >= 0.3 is 5.97 Å². The number of carboxylic acid groups (broad SMARTS) is 1. The quantitative estimate of drug-likeness (QED) is 0.233. The second-order valence-electron chi connectivity index (χ2n) is 10.3. The summed E-state index contributed by atoms with van der Waals surface area (Å²) in [5, 5.41) is 15.4. The van der Waals surface area contributed by atoms with Crippen molar-refractivity contribution >= 4 is 46.7 Å². The number of benzene rings is 1. The number of aliphatic carboxylic acids is 1. The van der Waals surface area contributed by atoms with Gasteiger partial charge in [0.2, 0.25) is 0 Å². The normalized spacial score (nSPS) is 13.8. The Kier molecular flexibility index (Phi) is 9.95. The van der Waals surface area contributed by atoms with Crippen molar-refractivity contribution in [3.8, 4) is 0 Å². The molecular weight excluding hydrogens is 598 g/mol. The minimum atomic E-state index is -1.08. The van der Waals surface area contributed by atoms with Crippen molar-refractivity contribution in [2.45, 2.75) is 18.9 Å². The maximum absolute atomic E-state index is 13.4. The standard InChI is InChI=1S/C32H30ClN7O5/c33-28-9-7-23(20-36-28)31(44)38-26-16-21(30(43)37-25(17-29(41)42)22-4-1-10-34-18-22)6-8-27(26)39-12-3-13-40(15-14-39)32(45)24-5-2-11-35-19-24/h1-2,4-11,16,18-20,25H,3,12-15,17H2,(H,37,43)(H,38,44)(H,41,42). The van der Waals surface area contributed by atoms with Crippen molar-refractivity contribution < 1.29 is 24.3 Å². The van der Waals surface area contributed by atoms with Crippen LogP contribution in [0.1, 0.15) is 55.5 Å². The number of pyridine rings is 3. The number of nitrogens with one attached hydrogen (secondary N) is 2. The molecule has 3 aromatic heterocycles. The van der Waals surface area contributed by atoms with Crippen molar-refractivity contribution in [2.24, 2.45) is 0 Å². The highest BCUT2D eigenvalue weighted by molar-refractivity contribution is 6.29. The Morgan fingerprint density at radius 3 is 2.31 bits per heavy atom. The second kappa shape index (κ2) is 14.4. The highest BCUT2D eigenvalue weighted by Crippen LogP contribution is 2.30. The summed E-state index contributed by atoms with van der Waals surface area (Å²) in [7, 11) is 0. The van der Waals surface area contributed by atoms with E-state index in [1.807, 2.05) is 0 Å². The zero-order valence-electron chi connectivity index (χ0n) is 24.1. The third-order valence-corrected chi connectivity index (χ3v) is 7.52. The number of aromatic nitrogens is 3. The minimum Gasteiger partial charge on any atom is -0.481 e. The highest BCUT2D eigenvalue weighted by atomic mass is 35.5. The zero-order valence-corrected chi connectivity index (χ0v) is 24.9. The molecule has 4 aromatic rings. The number of carbonyl (C=O) groups excluding carboxylic acids is 3. The number of halogens is 1. The van der Waals surface area contributed by atoms with Gasteiger partial charge in [0.1, 0.15) is 5.15 Å². The summed E-state index contributed by atoms with van der Waals surface area (Å²) in [4.78, 5) is 67.2. The zero-order chi connectivity index (χ0) is 31.8. The summed E-state index contributed by atoms with van der Waals surface area (Å²) >= 11 is 5.90. The molecule has 0 aliphatic carbocycles. The first-order valence-corrected chi connectivity index (χ1v) is 14.6. The average molecular weight is 628 g/mol. The van der Waals surface area contributed by atoms with Gasteiger partial charge in [0.15, 0.2) is 0 Å². The lowest BCUT2D eigenvalue weighted by Gasteiger charge is -2.27. The summed E-state index contributed by atoms with van der Waals surface area (Å²) in [6.45, 7) is 2.05. The molecule has 1 aliphatic rings. The fraction of sp³-hybridized carbons (Fsp3) is 0.219. The molecule has 0 spiro atoms. The molecule has 5 rings (SSSR count). The number of rotatable bonds is 9. The molecule has 12 nitrogen and oxygen atoms in total. The summed E-state index contributed by atoms with van der Waals surface area (Å²) in [6.07, 6.45) is 7.91. The van der Waals surface area contributed by atoms with Crippen molar-refractivity contribution in [3.63, 3.8) is 0 Å². The van der Waals surface area contributed by atoms with Crippen molar-refractivity contribution in [1.29, 1.82) is 0 Å². The molecule has 4 heterocycles. The minimum absolute atomic E-state index is 0.106. The SMILES string of the molecule is O=C(O)CC(NC(=O)c1ccc(N2CCCN(C(=O)c3cccnc3)CC2)c(NC(=O)c2ccc(Cl)nc2)c1)c1cccnc1. The topological polar surface area (TPSA) is 158 Å². The van der Waals surface area contributed by atoms with E-state index < -0.39 is 23.8 Å². The lowest BCUT2D eigenvalue weighted by atomic mass is 10.0. The molecule has 0 radical (unpaired) electrons. The van der Waals surface area contributed by atoms with E-state index in [4.69, 9.17) is 11.6 Å². The van der Waals surface area contributed by atoms with Crippen LogP contribution in [0.25, 0.3) is 0 Å². The Bertz CT molecular complexity index is 1670. The molecule has 13 heteroatoms. The van der Waals surface area contributed by atoms with Crippen LogP contribution in [0.3, 0.4) is 0 Å². The van der Waals surface area contributed by atoms with Gasteiger partial charge in [0, 0.05) is 62.7 Å². The summed E-state index contributed by atoms with van der Waals surface area (Å²) < 4.78 is 0. The van der Waals surface area contributed by atoms with Crippen LogP contribution in [-0.4, -0.2) is 74.8 Å². The molecule has 1 fully saturated rings. The van der Waals surface area contributed by atoms with Gasteiger partial charge < -0.3 is 25.5 Å². The number of hydrogen-bond donors (Lipinski definition) is 3. The number of hydrogen-bond acceptors (Lipinski definition) is 8. The van der Waals surface area contributed by atoms with Gasteiger partial charge in [-0.15, -0.1) is 0 Å². The van der Waals surface area contributed by atoms with Crippen molar-refractivity contribution in [2.75, 3.05) is 36.4 Å². The third-order valence-electron chi connectivity index (χ3n) is 7.30. The first-order valence-electron chi connectivity index (χ1n) is 14.2. The Morgan fingerprint density at radius 1 is 0.844 bits per heavy atom. The molecule has 0 bridgehead atoms. The van der Waals surface area contributed by atoms with Gasteiger partial charge in [0.25, 0.3) is 17.7 Å². The molecule has 1 aromatic carbocycles. The van der Waals surface area contributed by atoms with Crippen LogP contribution < -0.4 is 15.5 Å². The Labute approximate surface area is 264 Å². The fourth-order valence-electron chi connectivity index (χ4n) is 5.04. The van der Waals surface area contributed by atoms with E-state index in [1.54, 1.807) is 72.0 Å². The van der Waals surface area contributed by atoms with Gasteiger partial charge in [0.05, 0.1) is 35.0 Å². The van der Waals surface area contributed by atoms with Crippen molar-refractivity contribution in [3.05, 3.63) is 113 Å². The summed E-state index contributed by atoms with van der Waals surface area (Å²) in [6, 6.07) is 13.9. The van der Waals surface area contributed by atoms with Gasteiger partial charge in [-0.25, -0.2) is 4.98 Å². The average Bonchev–Trinajstić information content (AvgIpc) is 3.31. The molecule has 1 atom stereocenters. The van der Waals surface area contributed by atoms with Crippen LogP contribution in [0.4, 0.5) is 11.4 Å². The maximum atomic E-state index is 13.4. The first kappa shape index (κ1) is 31.1. The Morgan fingerprint density at radius 2 is 1.62 bits per heavy atom. The second-order valence-corrected chi connectivity index (χ2v) is 10.7. The number of amides is 3. The molecule has 1 saturated heterocycles. The molecule has 0 saturated carbocycles. The number of nitrogens with zero attached hydrogens (tertiary/aromatic N) is 5. The van der Waals surface area contributed by atoms with Gasteiger partial charge in [-0.1, -0.05) is 17.7 Å². The van der Waals surface area contributed by atoms with E-state index in [0.717, 1.165) is 0 Å². The lowest BCUT2D eigenvalue weighted by Crippen LogP contribution is -2.35. The molecule has 3 amide bonds. The van der Waals surface area contributed by atoms with Gasteiger partial charge in [-0.05, 0) is 60.5 Å². The predicted octanol–water partition coefficient (Wildman–Crippen LogP) is 4.08. The largest absolute Gasteiger partial charge is 0.481 e. The van der Waals surface area contributed by atoms with Crippen LogP contribution in [0.5, 0.6) is 0 Å². The van der Waals surface area contributed by atoms with Crippen molar-refractivity contribution in [1.82, 2.24) is 25.2 Å². The predicted molar refractivity (Wildman–Crippen MR) is 167 cm³/mol. The summed E-state index contributed by atoms with van der Waals surface area (Å²) in [5.74, 6) is -2.17. The maximum Gasteiger partial charge on any atom is 0.305 e. The molecule has 45 heavy (non-hydrogen) atoms. The van der Waals surface area contributed by atoms with Crippen LogP contribution >= 0.6 is 11.6 Å². The molecule has 230 valence electrons. The number of carboxylic acids is 1. The monoisotopic (exact) mass is 627 g/mol. The Hall–Kier alpha value is -5.36. The molecule has 3 N–H and O–H groups in total. The molecular formula is C32H30ClN7O5. The highest BCUT2D eigenvalue weighted by Gasteiger charge is 2.24. The van der Waals surface area contributed by atoms with E-state index >= 15 is 0 Å². The van der Waals surface area contributed by atoms with E-state index in [2.05, 4.69) is 30.5 Å². The smallest absolute Gasteiger partial charge is 0.305 e.